The molecule has 0 aliphatic heterocycles. The van der Waals surface area contributed by atoms with Gasteiger partial charge in [0, 0.05) is 17.1 Å². The topological polar surface area (TPSA) is 24.9 Å². The van der Waals surface area contributed by atoms with Crippen molar-refractivity contribution in [1.82, 2.24) is 10.3 Å². The van der Waals surface area contributed by atoms with Gasteiger partial charge in [0.25, 0.3) is 0 Å². The molecule has 0 aliphatic rings. The molecule has 3 heteroatoms. The van der Waals surface area contributed by atoms with Gasteiger partial charge in [0.1, 0.15) is 0 Å². The summed E-state index contributed by atoms with van der Waals surface area (Å²) >= 11 is 1.77. The number of likely N-dealkylation sites (N-methyl/N-ethyl adjacent to an activating group) is 1. The second kappa shape index (κ2) is 10.5. The lowest BCUT2D eigenvalue weighted by molar-refractivity contribution is 0.480. The van der Waals surface area contributed by atoms with Gasteiger partial charge in [-0.1, -0.05) is 51.9 Å². The quantitative estimate of drug-likeness (QED) is 0.601. The summed E-state index contributed by atoms with van der Waals surface area (Å²) < 4.78 is 0. The molecule has 104 valence electrons. The van der Waals surface area contributed by atoms with Crippen LogP contribution in [0, 0.1) is 0 Å². The Morgan fingerprint density at radius 3 is 2.50 bits per heavy atom. The van der Waals surface area contributed by atoms with Crippen LogP contribution in [0.4, 0.5) is 0 Å². The molecule has 2 nitrogen and oxygen atoms in total. The number of hydrogen-bond acceptors (Lipinski definition) is 3. The molecule has 0 spiro atoms. The van der Waals surface area contributed by atoms with Crippen LogP contribution >= 0.6 is 11.3 Å². The van der Waals surface area contributed by atoms with E-state index in [4.69, 9.17) is 0 Å². The monoisotopic (exact) mass is 268 g/mol. The molecule has 0 bridgehead atoms. The first-order chi connectivity index (χ1) is 8.86. The summed E-state index contributed by atoms with van der Waals surface area (Å²) in [5.74, 6) is 0. The van der Waals surface area contributed by atoms with Crippen molar-refractivity contribution >= 4 is 11.3 Å². The Balaban J connectivity index is 2.01. The van der Waals surface area contributed by atoms with E-state index in [1.165, 1.54) is 56.2 Å². The van der Waals surface area contributed by atoms with Gasteiger partial charge in [-0.3, -0.25) is 4.98 Å². The van der Waals surface area contributed by atoms with Gasteiger partial charge in [-0.25, -0.2) is 0 Å². The molecule has 0 saturated heterocycles. The zero-order valence-corrected chi connectivity index (χ0v) is 12.8. The van der Waals surface area contributed by atoms with Crippen molar-refractivity contribution < 1.29 is 0 Å². The third-order valence-corrected chi connectivity index (χ3v) is 4.30. The lowest BCUT2D eigenvalue weighted by atomic mass is 10.0. The third kappa shape index (κ3) is 7.12. The maximum atomic E-state index is 4.14. The largest absolute Gasteiger partial charge is 0.317 e. The summed E-state index contributed by atoms with van der Waals surface area (Å²) in [6.07, 6.45) is 14.2. The highest BCUT2D eigenvalue weighted by Crippen LogP contribution is 2.14. The first-order valence-electron chi connectivity index (χ1n) is 7.41. The molecule has 1 rings (SSSR count). The smallest absolute Gasteiger partial charge is 0.0794 e. The van der Waals surface area contributed by atoms with Crippen LogP contribution in [0.15, 0.2) is 11.7 Å². The first kappa shape index (κ1) is 15.6. The highest BCUT2D eigenvalue weighted by atomic mass is 32.1. The lowest BCUT2D eigenvalue weighted by Crippen LogP contribution is -2.27. The Morgan fingerprint density at radius 1 is 1.17 bits per heavy atom. The van der Waals surface area contributed by atoms with Gasteiger partial charge in [0.2, 0.25) is 0 Å². The average molecular weight is 268 g/mol. The van der Waals surface area contributed by atoms with E-state index in [9.17, 15) is 0 Å². The molecule has 1 heterocycles. The molecule has 1 atom stereocenters. The van der Waals surface area contributed by atoms with Gasteiger partial charge in [-0.05, 0) is 19.9 Å². The fraction of sp³-hybridized carbons (Fsp3) is 0.800. The van der Waals surface area contributed by atoms with Crippen LogP contribution in [0.1, 0.15) is 63.2 Å². The molecule has 0 amide bonds. The molecule has 0 fully saturated rings. The Morgan fingerprint density at radius 2 is 1.89 bits per heavy atom. The van der Waals surface area contributed by atoms with Crippen LogP contribution in [0.2, 0.25) is 0 Å². The summed E-state index contributed by atoms with van der Waals surface area (Å²) in [6, 6.07) is 0.626. The summed E-state index contributed by atoms with van der Waals surface area (Å²) in [5, 5.41) is 3.43. The van der Waals surface area contributed by atoms with E-state index in [1.54, 1.807) is 11.3 Å². The number of hydrogen-bond donors (Lipinski definition) is 1. The molecular weight excluding hydrogens is 240 g/mol. The molecule has 18 heavy (non-hydrogen) atoms. The van der Waals surface area contributed by atoms with Gasteiger partial charge in [-0.15, -0.1) is 11.3 Å². The van der Waals surface area contributed by atoms with Gasteiger partial charge in [-0.2, -0.15) is 0 Å². The normalized spacial score (nSPS) is 12.8. The van der Waals surface area contributed by atoms with E-state index >= 15 is 0 Å². The zero-order valence-electron chi connectivity index (χ0n) is 12.0. The van der Waals surface area contributed by atoms with Gasteiger partial charge < -0.3 is 5.32 Å². The fourth-order valence-electron chi connectivity index (χ4n) is 2.28. The van der Waals surface area contributed by atoms with Gasteiger partial charge >= 0.3 is 0 Å². The zero-order chi connectivity index (χ0) is 13.1. The summed E-state index contributed by atoms with van der Waals surface area (Å²) in [5.41, 5.74) is 1.93. The van der Waals surface area contributed by atoms with Crippen molar-refractivity contribution in [2.24, 2.45) is 0 Å². The van der Waals surface area contributed by atoms with Crippen LogP contribution in [-0.2, 0) is 6.42 Å². The van der Waals surface area contributed by atoms with Crippen molar-refractivity contribution in [3.8, 4) is 0 Å². The van der Waals surface area contributed by atoms with Gasteiger partial charge in [0.05, 0.1) is 5.51 Å². The van der Waals surface area contributed by atoms with Crippen molar-refractivity contribution in [2.45, 2.75) is 70.8 Å². The molecular formula is C15H28N2S. The number of rotatable bonds is 11. The Labute approximate surface area is 116 Å². The minimum absolute atomic E-state index is 0.626. The minimum atomic E-state index is 0.626. The minimum Gasteiger partial charge on any atom is -0.317 e. The highest BCUT2D eigenvalue weighted by molar-refractivity contribution is 7.09. The van der Waals surface area contributed by atoms with Gasteiger partial charge in [0.15, 0.2) is 0 Å². The Bertz CT molecular complexity index is 272. The maximum Gasteiger partial charge on any atom is 0.0794 e. The van der Waals surface area contributed by atoms with Crippen molar-refractivity contribution in [3.63, 3.8) is 0 Å². The van der Waals surface area contributed by atoms with Crippen LogP contribution in [0.5, 0.6) is 0 Å². The van der Waals surface area contributed by atoms with E-state index in [1.807, 2.05) is 11.7 Å². The molecule has 0 aromatic carbocycles. The first-order valence-corrected chi connectivity index (χ1v) is 8.29. The summed E-state index contributed by atoms with van der Waals surface area (Å²) in [7, 11) is 2.08. The van der Waals surface area contributed by atoms with E-state index < -0.39 is 0 Å². The standard InChI is InChI=1S/C15H28N2S/c1-3-4-5-6-7-8-9-10-14(16-2)11-15-12-17-13-18-15/h12-14,16H,3-11H2,1-2H3. The number of aromatic nitrogens is 1. The van der Waals surface area contributed by atoms with Crippen LogP contribution < -0.4 is 5.32 Å². The fourth-order valence-corrected chi connectivity index (χ4v) is 2.96. The van der Waals surface area contributed by atoms with Crippen molar-refractivity contribution in [1.29, 1.82) is 0 Å². The highest BCUT2D eigenvalue weighted by Gasteiger charge is 2.07. The summed E-state index contributed by atoms with van der Waals surface area (Å²) in [4.78, 5) is 5.54. The second-order valence-electron chi connectivity index (χ2n) is 5.07. The second-order valence-corrected chi connectivity index (χ2v) is 6.04. The predicted molar refractivity (Wildman–Crippen MR) is 81.3 cm³/mol. The molecule has 0 aliphatic carbocycles. The van der Waals surface area contributed by atoms with Crippen LogP contribution in [-0.4, -0.2) is 18.1 Å². The van der Waals surface area contributed by atoms with Crippen molar-refractivity contribution in [3.05, 3.63) is 16.6 Å². The van der Waals surface area contributed by atoms with Crippen molar-refractivity contribution in [2.75, 3.05) is 7.05 Å². The molecule has 1 N–H and O–H groups in total. The Kier molecular flexibility index (Phi) is 9.13. The van der Waals surface area contributed by atoms with E-state index in [-0.39, 0.29) is 0 Å². The number of nitrogens with one attached hydrogen (secondary N) is 1. The van der Waals surface area contributed by atoms with E-state index in [0.717, 1.165) is 6.42 Å². The predicted octanol–water partition coefficient (Wildman–Crippen LogP) is 4.41. The van der Waals surface area contributed by atoms with E-state index in [2.05, 4.69) is 24.3 Å². The third-order valence-electron chi connectivity index (χ3n) is 3.50. The molecule has 1 aromatic rings. The number of thiazole rings is 1. The Hall–Kier alpha value is -0.410. The van der Waals surface area contributed by atoms with Crippen LogP contribution in [0.25, 0.3) is 0 Å². The molecule has 0 radical (unpaired) electrons. The lowest BCUT2D eigenvalue weighted by Gasteiger charge is -2.14. The SMILES string of the molecule is CCCCCCCCCC(Cc1cncs1)NC. The number of nitrogens with zero attached hydrogens (tertiary/aromatic N) is 1. The summed E-state index contributed by atoms with van der Waals surface area (Å²) in [6.45, 7) is 2.27. The molecule has 1 unspecified atom stereocenters. The van der Waals surface area contributed by atoms with Crippen LogP contribution in [0.3, 0.4) is 0 Å². The molecule has 0 saturated carbocycles. The van der Waals surface area contributed by atoms with E-state index in [0.29, 0.717) is 6.04 Å². The molecule has 1 aromatic heterocycles. The maximum absolute atomic E-state index is 4.14. The number of unbranched alkanes of at least 4 members (excludes halogenated alkanes) is 6. The average Bonchev–Trinajstić information content (AvgIpc) is 2.89.